The van der Waals surface area contributed by atoms with Gasteiger partial charge in [0.1, 0.15) is 29.1 Å². The third-order valence-corrected chi connectivity index (χ3v) is 7.99. The normalized spacial score (nSPS) is 33.3. The van der Waals surface area contributed by atoms with Gasteiger partial charge in [0, 0.05) is 34.7 Å². The maximum Gasteiger partial charge on any atom is 0.202 e. The summed E-state index contributed by atoms with van der Waals surface area (Å²) in [7, 11) is 0. The zero-order valence-electron chi connectivity index (χ0n) is 18.7. The van der Waals surface area contributed by atoms with Gasteiger partial charge in [0.25, 0.3) is 0 Å². The van der Waals surface area contributed by atoms with Crippen LogP contribution in [0.3, 0.4) is 0 Å². The van der Waals surface area contributed by atoms with Gasteiger partial charge in [-0.2, -0.15) is 5.06 Å². The van der Waals surface area contributed by atoms with E-state index in [4.69, 9.17) is 0 Å². The number of Topliss-reactive ketones (excluding diaryl/α,β-unsaturated/α-hetero) is 2. The van der Waals surface area contributed by atoms with Crippen LogP contribution in [0, 0.1) is 11.8 Å². The first-order valence-electron chi connectivity index (χ1n) is 11.3. The Morgan fingerprint density at radius 2 is 1.83 bits per heavy atom. The Labute approximate surface area is 198 Å². The van der Waals surface area contributed by atoms with Gasteiger partial charge < -0.3 is 30.7 Å². The van der Waals surface area contributed by atoms with Crippen LogP contribution in [-0.2, 0) is 16.0 Å². The second-order valence-corrected chi connectivity index (χ2v) is 9.71. The molecular weight excluding hydrogens is 464 g/mol. The number of fused-ring (bicyclic) bond motifs is 3. The molecule has 1 aromatic carbocycles. The standard InChI is InChI=1S/C23H26N2O10/c1-8-18(27)17(25(34)35)12-6-9-5-11-16(20(29)15(9)22(31)23(12,32)21(8)30)14(26)7-10(19(11)28)13-3-2-4-24(13)33/h7,9,12-13,17,26,28-30,32-35H,2-6H2,1H3/t9?,12-,13?,17?,23+/m0/s1. The summed E-state index contributed by atoms with van der Waals surface area (Å²) in [5.41, 5.74) is -3.30. The lowest BCUT2D eigenvalue weighted by atomic mass is 9.58. The van der Waals surface area contributed by atoms with Crippen molar-refractivity contribution in [3.05, 3.63) is 39.7 Å². The Hall–Kier alpha value is -3.00. The van der Waals surface area contributed by atoms with Crippen LogP contribution in [0.2, 0.25) is 0 Å². The van der Waals surface area contributed by atoms with Gasteiger partial charge in [0.15, 0.2) is 11.4 Å². The number of nitrogens with zero attached hydrogens (tertiary/aromatic N) is 2. The highest BCUT2D eigenvalue weighted by Gasteiger charge is 2.63. The number of aliphatic hydroxyl groups excluding tert-OH is 2. The molecule has 35 heavy (non-hydrogen) atoms. The molecule has 8 N–H and O–H groups in total. The summed E-state index contributed by atoms with van der Waals surface area (Å²) in [5.74, 6) is -6.75. The van der Waals surface area contributed by atoms with Crippen LogP contribution >= 0.6 is 0 Å². The largest absolute Gasteiger partial charge is 0.508 e. The number of hydrogen-bond acceptors (Lipinski definition) is 12. The van der Waals surface area contributed by atoms with Crippen LogP contribution in [0.5, 0.6) is 11.5 Å². The molecule has 0 amide bonds. The van der Waals surface area contributed by atoms with Crippen molar-refractivity contribution in [2.75, 3.05) is 6.54 Å². The van der Waals surface area contributed by atoms with E-state index < -0.39 is 69.2 Å². The maximum atomic E-state index is 13.5. The molecule has 3 unspecified atom stereocenters. The SMILES string of the molecule is CC1=C(O)[C@@]2(O)C(=O)C3=C(O)c4c(O)cc(C5CCCN5O)c(O)c4CC3C[C@H]2C(N(O)O)C1=O. The fourth-order valence-electron chi connectivity index (χ4n) is 6.25. The topological polar surface area (TPSA) is 202 Å². The molecule has 3 aliphatic carbocycles. The van der Waals surface area contributed by atoms with Gasteiger partial charge in [-0.25, -0.2) is 0 Å². The molecule has 2 fully saturated rings. The first kappa shape index (κ1) is 23.7. The number of hydroxylamine groups is 4. The van der Waals surface area contributed by atoms with Crippen molar-refractivity contribution in [1.82, 2.24) is 10.3 Å². The Morgan fingerprint density at radius 3 is 2.43 bits per heavy atom. The maximum absolute atomic E-state index is 13.5. The van der Waals surface area contributed by atoms with Crippen molar-refractivity contribution in [1.29, 1.82) is 0 Å². The van der Waals surface area contributed by atoms with E-state index in [0.717, 1.165) is 12.0 Å². The number of carbonyl (C=O) groups excluding carboxylic acids is 2. The van der Waals surface area contributed by atoms with Crippen molar-refractivity contribution in [2.45, 2.75) is 50.3 Å². The van der Waals surface area contributed by atoms with Crippen molar-refractivity contribution in [3.8, 4) is 11.5 Å². The van der Waals surface area contributed by atoms with E-state index in [1.807, 2.05) is 0 Å². The number of rotatable bonds is 2. The molecular formula is C23H26N2O10. The molecule has 1 aliphatic heterocycles. The molecule has 4 aliphatic rings. The summed E-state index contributed by atoms with van der Waals surface area (Å²) in [6.45, 7) is 1.50. The Morgan fingerprint density at radius 1 is 1.14 bits per heavy atom. The van der Waals surface area contributed by atoms with Crippen LogP contribution in [0.1, 0.15) is 48.9 Å². The number of hydrogen-bond donors (Lipinski definition) is 8. The average Bonchev–Trinajstić information content (AvgIpc) is 3.22. The summed E-state index contributed by atoms with van der Waals surface area (Å²) in [4.78, 5) is 26.2. The number of phenolic OH excluding ortho intramolecular Hbond substituents is 2. The van der Waals surface area contributed by atoms with Crippen LogP contribution in [0.25, 0.3) is 5.76 Å². The molecule has 12 nitrogen and oxygen atoms in total. The number of ketones is 2. The molecule has 0 aromatic heterocycles. The molecule has 1 saturated carbocycles. The van der Waals surface area contributed by atoms with Gasteiger partial charge in [0.2, 0.25) is 5.78 Å². The van der Waals surface area contributed by atoms with Gasteiger partial charge in [-0.05, 0) is 44.6 Å². The lowest BCUT2D eigenvalue weighted by Gasteiger charge is -2.49. The minimum Gasteiger partial charge on any atom is -0.508 e. The van der Waals surface area contributed by atoms with Crippen molar-refractivity contribution >= 4 is 17.3 Å². The van der Waals surface area contributed by atoms with E-state index in [-0.39, 0.29) is 40.9 Å². The lowest BCUT2D eigenvalue weighted by Crippen LogP contribution is -2.65. The van der Waals surface area contributed by atoms with Crippen LogP contribution in [0.15, 0.2) is 23.0 Å². The highest BCUT2D eigenvalue weighted by molar-refractivity contribution is 6.14. The summed E-state index contributed by atoms with van der Waals surface area (Å²) >= 11 is 0. The van der Waals surface area contributed by atoms with Crippen LogP contribution < -0.4 is 0 Å². The van der Waals surface area contributed by atoms with E-state index in [1.54, 1.807) is 0 Å². The summed E-state index contributed by atoms with van der Waals surface area (Å²) < 4.78 is 0. The molecule has 5 atom stereocenters. The second kappa shape index (κ2) is 7.75. The predicted octanol–water partition coefficient (Wildman–Crippen LogP) is 1.25. The second-order valence-electron chi connectivity index (χ2n) is 9.71. The summed E-state index contributed by atoms with van der Waals surface area (Å²) in [6.07, 6.45) is 0.839. The molecule has 1 aromatic rings. The fraction of sp³-hybridized carbons (Fsp3) is 0.478. The quantitative estimate of drug-likeness (QED) is 0.218. The zero-order chi connectivity index (χ0) is 25.6. The van der Waals surface area contributed by atoms with Crippen LogP contribution in [-0.4, -0.2) is 81.2 Å². The first-order valence-corrected chi connectivity index (χ1v) is 11.3. The molecule has 1 saturated heterocycles. The van der Waals surface area contributed by atoms with Crippen molar-refractivity contribution in [2.24, 2.45) is 11.8 Å². The number of benzene rings is 1. The Balaban J connectivity index is 1.68. The molecule has 0 radical (unpaired) electrons. The molecule has 188 valence electrons. The molecule has 0 bridgehead atoms. The number of carbonyl (C=O) groups is 2. The third-order valence-electron chi connectivity index (χ3n) is 7.99. The minimum atomic E-state index is -2.72. The molecule has 5 rings (SSSR count). The molecule has 12 heteroatoms. The fourth-order valence-corrected chi connectivity index (χ4v) is 6.25. The first-order chi connectivity index (χ1) is 16.4. The van der Waals surface area contributed by atoms with Crippen molar-refractivity contribution in [3.63, 3.8) is 0 Å². The van der Waals surface area contributed by atoms with Gasteiger partial charge in [0.05, 0.1) is 11.6 Å². The molecule has 1 heterocycles. The van der Waals surface area contributed by atoms with E-state index in [1.165, 1.54) is 6.07 Å². The van der Waals surface area contributed by atoms with E-state index in [0.29, 0.717) is 19.4 Å². The van der Waals surface area contributed by atoms with Gasteiger partial charge in [-0.1, -0.05) is 5.23 Å². The smallest absolute Gasteiger partial charge is 0.202 e. The predicted molar refractivity (Wildman–Crippen MR) is 115 cm³/mol. The number of aromatic hydroxyl groups is 2. The third kappa shape index (κ3) is 3.01. The number of phenols is 2. The van der Waals surface area contributed by atoms with Crippen LogP contribution in [0.4, 0.5) is 0 Å². The average molecular weight is 490 g/mol. The monoisotopic (exact) mass is 490 g/mol. The lowest BCUT2D eigenvalue weighted by molar-refractivity contribution is -0.338. The van der Waals surface area contributed by atoms with Crippen molar-refractivity contribution < 1.29 is 50.7 Å². The van der Waals surface area contributed by atoms with E-state index in [2.05, 4.69) is 0 Å². The van der Waals surface area contributed by atoms with Gasteiger partial charge >= 0.3 is 0 Å². The summed E-state index contributed by atoms with van der Waals surface area (Å²) in [5, 5.41) is 85.1. The summed E-state index contributed by atoms with van der Waals surface area (Å²) in [6, 6.07) is -1.14. The Kier molecular flexibility index (Phi) is 5.25. The van der Waals surface area contributed by atoms with Gasteiger partial charge in [-0.3, -0.25) is 20.0 Å². The zero-order valence-corrected chi connectivity index (χ0v) is 18.7. The van der Waals surface area contributed by atoms with E-state index >= 15 is 0 Å². The molecule has 0 spiro atoms. The van der Waals surface area contributed by atoms with E-state index in [9.17, 15) is 50.7 Å². The van der Waals surface area contributed by atoms with Gasteiger partial charge in [-0.15, -0.1) is 0 Å². The highest BCUT2D eigenvalue weighted by atomic mass is 16.8. The number of aliphatic hydroxyl groups is 3. The Bertz CT molecular complexity index is 1220. The minimum absolute atomic E-state index is 0.0976. The highest BCUT2D eigenvalue weighted by Crippen LogP contribution is 2.54.